The van der Waals surface area contributed by atoms with E-state index in [4.69, 9.17) is 15.2 Å². The van der Waals surface area contributed by atoms with Crippen molar-refractivity contribution in [2.24, 2.45) is 11.7 Å². The van der Waals surface area contributed by atoms with E-state index in [1.807, 2.05) is 32.0 Å². The smallest absolute Gasteiger partial charge is 0.260 e. The molecule has 0 aromatic heterocycles. The number of methoxy groups -OCH3 is 1. The Kier molecular flexibility index (Phi) is 7.02. The number of benzene rings is 1. The number of carbonyl (C=O) groups is 1. The summed E-state index contributed by atoms with van der Waals surface area (Å²) in [6.45, 7) is 7.02. The molecule has 0 spiro atoms. The van der Waals surface area contributed by atoms with Crippen LogP contribution in [0.3, 0.4) is 0 Å². The van der Waals surface area contributed by atoms with Gasteiger partial charge in [-0.3, -0.25) is 4.79 Å². The first kappa shape index (κ1) is 17.3. The normalized spacial score (nSPS) is 12.1. The molecular formula is C16H26N2O3. The number of ether oxygens (including phenoxy) is 2. The van der Waals surface area contributed by atoms with E-state index >= 15 is 0 Å². The molecule has 5 heteroatoms. The predicted octanol–water partition coefficient (Wildman–Crippen LogP) is 1.74. The minimum absolute atomic E-state index is 0.130. The Labute approximate surface area is 126 Å². The van der Waals surface area contributed by atoms with Gasteiger partial charge in [0.1, 0.15) is 0 Å². The molecule has 0 aliphatic carbocycles. The van der Waals surface area contributed by atoms with Crippen molar-refractivity contribution < 1.29 is 14.3 Å². The minimum Gasteiger partial charge on any atom is -0.493 e. The van der Waals surface area contributed by atoms with Gasteiger partial charge in [-0.15, -0.1) is 0 Å². The molecule has 0 heterocycles. The summed E-state index contributed by atoms with van der Waals surface area (Å²) in [6.07, 6.45) is 0.180. The van der Waals surface area contributed by atoms with Crippen LogP contribution in [0.2, 0.25) is 0 Å². The van der Waals surface area contributed by atoms with Crippen LogP contribution in [-0.4, -0.2) is 32.2 Å². The second-order valence-electron chi connectivity index (χ2n) is 5.42. The lowest BCUT2D eigenvalue weighted by Gasteiger charge is -2.18. The molecule has 21 heavy (non-hydrogen) atoms. The Morgan fingerprint density at radius 3 is 2.57 bits per heavy atom. The standard InChI is InChI=1S/C16H26N2O3/c1-11(2)10-18-16(19)12(3)21-15-9-13(7-8-17)5-6-14(15)20-4/h5-6,9,11-12H,7-8,10,17H2,1-4H3,(H,18,19). The van der Waals surface area contributed by atoms with E-state index in [-0.39, 0.29) is 5.91 Å². The molecule has 0 aliphatic rings. The third-order valence-electron chi connectivity index (χ3n) is 3.02. The molecule has 0 bridgehead atoms. The number of nitrogens with two attached hydrogens (primary N) is 1. The van der Waals surface area contributed by atoms with Crippen molar-refractivity contribution in [2.75, 3.05) is 20.2 Å². The molecule has 1 aromatic rings. The van der Waals surface area contributed by atoms with Crippen molar-refractivity contribution in [1.29, 1.82) is 0 Å². The van der Waals surface area contributed by atoms with Crippen molar-refractivity contribution in [1.82, 2.24) is 5.32 Å². The lowest BCUT2D eigenvalue weighted by Crippen LogP contribution is -2.38. The zero-order valence-corrected chi connectivity index (χ0v) is 13.3. The number of carbonyl (C=O) groups excluding carboxylic acids is 1. The van der Waals surface area contributed by atoms with E-state index in [0.29, 0.717) is 30.5 Å². The number of rotatable bonds is 8. The van der Waals surface area contributed by atoms with Gasteiger partial charge in [-0.25, -0.2) is 0 Å². The van der Waals surface area contributed by atoms with Crippen molar-refractivity contribution in [3.05, 3.63) is 23.8 Å². The van der Waals surface area contributed by atoms with Gasteiger partial charge in [0.2, 0.25) is 0 Å². The second kappa shape index (κ2) is 8.52. The zero-order chi connectivity index (χ0) is 15.8. The molecule has 118 valence electrons. The number of hydrogen-bond donors (Lipinski definition) is 2. The summed E-state index contributed by atoms with van der Waals surface area (Å²) in [4.78, 5) is 12.0. The van der Waals surface area contributed by atoms with Gasteiger partial charge >= 0.3 is 0 Å². The number of hydrogen-bond acceptors (Lipinski definition) is 4. The summed E-state index contributed by atoms with van der Waals surface area (Å²) < 4.78 is 11.0. The summed E-state index contributed by atoms with van der Waals surface area (Å²) in [7, 11) is 1.58. The monoisotopic (exact) mass is 294 g/mol. The fraction of sp³-hybridized carbons (Fsp3) is 0.562. The van der Waals surface area contributed by atoms with Crippen LogP contribution in [0.25, 0.3) is 0 Å². The summed E-state index contributed by atoms with van der Waals surface area (Å²) in [5.74, 6) is 1.45. The predicted molar refractivity (Wildman–Crippen MR) is 83.7 cm³/mol. The topological polar surface area (TPSA) is 73.6 Å². The average molecular weight is 294 g/mol. The van der Waals surface area contributed by atoms with Crippen LogP contribution >= 0.6 is 0 Å². The van der Waals surface area contributed by atoms with Gasteiger partial charge < -0.3 is 20.5 Å². The molecule has 1 atom stereocenters. The van der Waals surface area contributed by atoms with Crippen LogP contribution < -0.4 is 20.5 Å². The Bertz CT molecular complexity index is 461. The zero-order valence-electron chi connectivity index (χ0n) is 13.3. The van der Waals surface area contributed by atoms with E-state index in [0.717, 1.165) is 12.0 Å². The van der Waals surface area contributed by atoms with Gasteiger partial charge in [0.25, 0.3) is 5.91 Å². The van der Waals surface area contributed by atoms with Gasteiger partial charge in [0, 0.05) is 6.54 Å². The minimum atomic E-state index is -0.578. The fourth-order valence-corrected chi connectivity index (χ4v) is 1.83. The lowest BCUT2D eigenvalue weighted by molar-refractivity contribution is -0.127. The molecule has 1 aromatic carbocycles. The highest BCUT2D eigenvalue weighted by molar-refractivity contribution is 5.80. The van der Waals surface area contributed by atoms with Crippen molar-refractivity contribution >= 4 is 5.91 Å². The maximum atomic E-state index is 12.0. The van der Waals surface area contributed by atoms with E-state index < -0.39 is 6.10 Å². The van der Waals surface area contributed by atoms with Crippen molar-refractivity contribution in [3.8, 4) is 11.5 Å². The van der Waals surface area contributed by atoms with E-state index in [1.165, 1.54) is 0 Å². The summed E-state index contributed by atoms with van der Waals surface area (Å²) in [5, 5.41) is 2.85. The van der Waals surface area contributed by atoms with Crippen LogP contribution in [0.1, 0.15) is 26.3 Å². The Morgan fingerprint density at radius 2 is 2.00 bits per heavy atom. The summed E-state index contributed by atoms with van der Waals surface area (Å²) >= 11 is 0. The molecule has 0 radical (unpaired) electrons. The molecule has 0 saturated carbocycles. The second-order valence-corrected chi connectivity index (χ2v) is 5.42. The van der Waals surface area contributed by atoms with Gasteiger partial charge in [-0.05, 0) is 43.5 Å². The maximum absolute atomic E-state index is 12.0. The summed E-state index contributed by atoms with van der Waals surface area (Å²) in [5.41, 5.74) is 6.62. The Morgan fingerprint density at radius 1 is 1.29 bits per heavy atom. The summed E-state index contributed by atoms with van der Waals surface area (Å²) in [6, 6.07) is 5.65. The Hall–Kier alpha value is -1.75. The number of nitrogens with one attached hydrogen (secondary N) is 1. The lowest BCUT2D eigenvalue weighted by atomic mass is 10.1. The van der Waals surface area contributed by atoms with Gasteiger partial charge in [0.05, 0.1) is 7.11 Å². The van der Waals surface area contributed by atoms with Crippen molar-refractivity contribution in [2.45, 2.75) is 33.3 Å². The molecule has 1 rings (SSSR count). The molecule has 0 saturated heterocycles. The van der Waals surface area contributed by atoms with E-state index in [2.05, 4.69) is 5.32 Å². The first-order valence-electron chi connectivity index (χ1n) is 7.29. The van der Waals surface area contributed by atoms with Gasteiger partial charge in [-0.2, -0.15) is 0 Å². The fourth-order valence-electron chi connectivity index (χ4n) is 1.83. The molecule has 5 nitrogen and oxygen atoms in total. The molecule has 3 N–H and O–H groups in total. The SMILES string of the molecule is COc1ccc(CCN)cc1OC(C)C(=O)NCC(C)C. The number of amides is 1. The van der Waals surface area contributed by atoms with Gasteiger partial charge in [0.15, 0.2) is 17.6 Å². The van der Waals surface area contributed by atoms with Crippen LogP contribution in [0.5, 0.6) is 11.5 Å². The highest BCUT2D eigenvalue weighted by Gasteiger charge is 2.17. The van der Waals surface area contributed by atoms with Gasteiger partial charge in [-0.1, -0.05) is 19.9 Å². The third-order valence-corrected chi connectivity index (χ3v) is 3.02. The molecular weight excluding hydrogens is 268 g/mol. The molecule has 1 unspecified atom stereocenters. The van der Waals surface area contributed by atoms with Crippen molar-refractivity contribution in [3.63, 3.8) is 0 Å². The maximum Gasteiger partial charge on any atom is 0.260 e. The molecule has 1 amide bonds. The van der Waals surface area contributed by atoms with Crippen LogP contribution in [-0.2, 0) is 11.2 Å². The molecule has 0 fully saturated rings. The highest BCUT2D eigenvalue weighted by atomic mass is 16.5. The quantitative estimate of drug-likeness (QED) is 0.766. The third kappa shape index (κ3) is 5.63. The van der Waals surface area contributed by atoms with Crippen LogP contribution in [0.15, 0.2) is 18.2 Å². The largest absolute Gasteiger partial charge is 0.493 e. The van der Waals surface area contributed by atoms with Crippen LogP contribution in [0.4, 0.5) is 0 Å². The Balaban J connectivity index is 2.75. The molecule has 0 aliphatic heterocycles. The van der Waals surface area contributed by atoms with E-state index in [1.54, 1.807) is 14.0 Å². The van der Waals surface area contributed by atoms with E-state index in [9.17, 15) is 4.79 Å². The first-order chi connectivity index (χ1) is 9.97. The van der Waals surface area contributed by atoms with Crippen LogP contribution in [0, 0.1) is 5.92 Å². The highest BCUT2D eigenvalue weighted by Crippen LogP contribution is 2.29. The first-order valence-corrected chi connectivity index (χ1v) is 7.29. The average Bonchev–Trinajstić information content (AvgIpc) is 2.45.